The number of halogens is 2. The van der Waals surface area contributed by atoms with E-state index in [1.165, 1.54) is 25.1 Å². The number of amides is 4. The third-order valence-electron chi connectivity index (χ3n) is 5.19. The van der Waals surface area contributed by atoms with Crippen molar-refractivity contribution < 1.29 is 19.2 Å². The van der Waals surface area contributed by atoms with E-state index in [-0.39, 0.29) is 10.9 Å². The fraction of sp³-hybridized carbons (Fsp3) is 0.304. The number of nitrogens with zero attached hydrogens (tertiary/aromatic N) is 1. The monoisotopic (exact) mass is 475 g/mol. The summed E-state index contributed by atoms with van der Waals surface area (Å²) < 4.78 is 0. The van der Waals surface area contributed by atoms with Crippen molar-refractivity contribution in [1.82, 2.24) is 10.2 Å². The van der Waals surface area contributed by atoms with Gasteiger partial charge in [0, 0.05) is 32.3 Å². The first-order chi connectivity index (χ1) is 14.8. The van der Waals surface area contributed by atoms with Gasteiger partial charge in [0.25, 0.3) is 5.91 Å². The molecular weight excluding hydrogens is 453 g/mol. The van der Waals surface area contributed by atoms with Crippen LogP contribution < -0.4 is 10.6 Å². The Labute approximate surface area is 196 Å². The number of nitrogens with one attached hydrogen (secondary N) is 2. The van der Waals surface area contributed by atoms with Crippen molar-refractivity contribution in [3.05, 3.63) is 63.6 Å². The van der Waals surface area contributed by atoms with Gasteiger partial charge < -0.3 is 10.6 Å². The molecule has 1 aliphatic rings. The molecule has 1 unspecified atom stereocenters. The zero-order valence-electron chi connectivity index (χ0n) is 18.1. The average Bonchev–Trinajstić information content (AvgIpc) is 2.91. The van der Waals surface area contributed by atoms with E-state index < -0.39 is 35.2 Å². The van der Waals surface area contributed by atoms with E-state index in [1.807, 2.05) is 0 Å². The highest BCUT2D eigenvalue weighted by atomic mass is 35.5. The Balaban J connectivity index is 1.74. The van der Waals surface area contributed by atoms with Crippen LogP contribution in [-0.4, -0.2) is 35.1 Å². The van der Waals surface area contributed by atoms with Gasteiger partial charge in [0.05, 0.1) is 6.54 Å². The van der Waals surface area contributed by atoms with Crippen LogP contribution in [0.25, 0.3) is 0 Å². The average molecular weight is 476 g/mol. The highest BCUT2D eigenvalue weighted by Gasteiger charge is 2.50. The Morgan fingerprint density at radius 2 is 1.69 bits per heavy atom. The summed E-state index contributed by atoms with van der Waals surface area (Å²) in [7, 11) is 0. The summed E-state index contributed by atoms with van der Waals surface area (Å²) >= 11 is 12.2. The van der Waals surface area contributed by atoms with Crippen molar-refractivity contribution in [2.45, 2.75) is 33.2 Å². The predicted octanol–water partition coefficient (Wildman–Crippen LogP) is 4.63. The molecule has 0 bridgehead atoms. The molecule has 0 radical (unpaired) electrons. The number of Topliss-reactive ketones (excluding diaryl/α,β-unsaturated/α-hetero) is 1. The number of hydrogen-bond donors (Lipinski definition) is 2. The molecule has 0 saturated carbocycles. The van der Waals surface area contributed by atoms with E-state index in [9.17, 15) is 19.2 Å². The van der Waals surface area contributed by atoms with Gasteiger partial charge in [-0.25, -0.2) is 4.79 Å². The van der Waals surface area contributed by atoms with Gasteiger partial charge in [-0.15, -0.1) is 0 Å². The fourth-order valence-corrected chi connectivity index (χ4v) is 3.81. The van der Waals surface area contributed by atoms with Gasteiger partial charge in [-0.05, 0) is 43.3 Å². The minimum Gasteiger partial charge on any atom is -0.326 e. The summed E-state index contributed by atoms with van der Waals surface area (Å²) in [6.07, 6.45) is 0. The third kappa shape index (κ3) is 4.64. The summed E-state index contributed by atoms with van der Waals surface area (Å²) in [4.78, 5) is 51.3. The summed E-state index contributed by atoms with van der Waals surface area (Å²) in [5.41, 5.74) is -0.743. The molecule has 2 N–H and O–H groups in total. The van der Waals surface area contributed by atoms with Gasteiger partial charge in [0.1, 0.15) is 5.54 Å². The van der Waals surface area contributed by atoms with E-state index in [0.29, 0.717) is 21.8 Å². The Hall–Kier alpha value is -2.90. The van der Waals surface area contributed by atoms with Gasteiger partial charge >= 0.3 is 6.03 Å². The van der Waals surface area contributed by atoms with Gasteiger partial charge in [-0.1, -0.05) is 50.0 Å². The molecule has 1 atom stereocenters. The molecule has 0 aliphatic carbocycles. The fourth-order valence-electron chi connectivity index (χ4n) is 3.21. The summed E-state index contributed by atoms with van der Waals surface area (Å²) in [6.45, 7) is 6.48. The van der Waals surface area contributed by atoms with Crippen molar-refractivity contribution >= 4 is 52.5 Å². The summed E-state index contributed by atoms with van der Waals surface area (Å²) in [5, 5.41) is 6.02. The van der Waals surface area contributed by atoms with E-state index in [0.717, 1.165) is 4.90 Å². The van der Waals surface area contributed by atoms with Crippen LogP contribution in [0.3, 0.4) is 0 Å². The quantitative estimate of drug-likeness (QED) is 0.486. The smallest absolute Gasteiger partial charge is 0.325 e. The van der Waals surface area contributed by atoms with Gasteiger partial charge in [-0.3, -0.25) is 19.3 Å². The number of urea groups is 1. The molecule has 1 saturated heterocycles. The molecule has 1 aliphatic heterocycles. The Bertz CT molecular complexity index is 1110. The Kier molecular flexibility index (Phi) is 6.36. The summed E-state index contributed by atoms with van der Waals surface area (Å²) in [5.74, 6) is -1.17. The minimum absolute atomic E-state index is 0.156. The zero-order chi connectivity index (χ0) is 23.8. The number of anilines is 1. The van der Waals surface area contributed by atoms with Crippen LogP contribution >= 0.6 is 23.2 Å². The molecule has 168 valence electrons. The lowest BCUT2D eigenvalue weighted by molar-refractivity contribution is -0.130. The molecule has 0 aromatic heterocycles. The van der Waals surface area contributed by atoms with Crippen LogP contribution in [0.2, 0.25) is 10.0 Å². The van der Waals surface area contributed by atoms with Gasteiger partial charge in [0.15, 0.2) is 5.78 Å². The number of carbonyl (C=O) groups is 4. The van der Waals surface area contributed by atoms with Gasteiger partial charge in [0.2, 0.25) is 5.91 Å². The first-order valence-electron chi connectivity index (χ1n) is 9.87. The molecular formula is C23H23Cl2N3O4. The van der Waals surface area contributed by atoms with Crippen molar-refractivity contribution in [3.63, 3.8) is 0 Å². The minimum atomic E-state index is -1.42. The molecule has 3 rings (SSSR count). The van der Waals surface area contributed by atoms with E-state index in [2.05, 4.69) is 10.6 Å². The molecule has 0 spiro atoms. The van der Waals surface area contributed by atoms with Crippen LogP contribution in [0.5, 0.6) is 0 Å². The van der Waals surface area contributed by atoms with Crippen molar-refractivity contribution in [2.24, 2.45) is 5.41 Å². The molecule has 4 amide bonds. The molecule has 1 heterocycles. The zero-order valence-corrected chi connectivity index (χ0v) is 19.6. The Morgan fingerprint density at radius 3 is 2.25 bits per heavy atom. The van der Waals surface area contributed by atoms with Crippen LogP contribution in [-0.2, 0) is 15.1 Å². The maximum absolute atomic E-state index is 13.1. The van der Waals surface area contributed by atoms with Crippen molar-refractivity contribution in [3.8, 4) is 0 Å². The van der Waals surface area contributed by atoms with Crippen LogP contribution in [0, 0.1) is 5.41 Å². The lowest BCUT2D eigenvalue weighted by Gasteiger charge is -2.23. The van der Waals surface area contributed by atoms with Gasteiger partial charge in [-0.2, -0.15) is 0 Å². The third-order valence-corrected chi connectivity index (χ3v) is 5.74. The first-order valence-corrected chi connectivity index (χ1v) is 10.6. The lowest BCUT2D eigenvalue weighted by Crippen LogP contribution is -2.41. The number of rotatable bonds is 5. The van der Waals surface area contributed by atoms with Crippen molar-refractivity contribution in [1.29, 1.82) is 0 Å². The van der Waals surface area contributed by atoms with Crippen LogP contribution in [0.15, 0.2) is 42.5 Å². The van der Waals surface area contributed by atoms with E-state index >= 15 is 0 Å². The number of ketones is 1. The molecule has 32 heavy (non-hydrogen) atoms. The second-order valence-electron chi connectivity index (χ2n) is 8.78. The highest BCUT2D eigenvalue weighted by Crippen LogP contribution is 2.35. The number of benzene rings is 2. The number of imide groups is 1. The molecule has 9 heteroatoms. The highest BCUT2D eigenvalue weighted by molar-refractivity contribution is 6.35. The SMILES string of the molecule is CC(C)(C)C(=O)Nc1ccc(C(=O)CN2C(=O)NC(C)(c3ccc(Cl)cc3Cl)C2=O)cc1. The van der Waals surface area contributed by atoms with Crippen LogP contribution in [0.4, 0.5) is 10.5 Å². The summed E-state index contributed by atoms with van der Waals surface area (Å²) in [6, 6.07) is 10.2. The first kappa shape index (κ1) is 23.8. The lowest BCUT2D eigenvalue weighted by atomic mass is 9.92. The number of carbonyl (C=O) groups excluding carboxylic acids is 4. The second kappa shape index (κ2) is 8.56. The topological polar surface area (TPSA) is 95.6 Å². The molecule has 1 fully saturated rings. The second-order valence-corrected chi connectivity index (χ2v) is 9.62. The Morgan fingerprint density at radius 1 is 1.06 bits per heavy atom. The largest absolute Gasteiger partial charge is 0.326 e. The predicted molar refractivity (Wildman–Crippen MR) is 123 cm³/mol. The maximum atomic E-state index is 13.1. The maximum Gasteiger partial charge on any atom is 0.325 e. The standard InChI is InChI=1S/C23H23Cl2N3O4/c1-22(2,3)19(30)26-15-8-5-13(6-9-15)18(29)12-28-20(31)23(4,27-21(28)32)16-10-7-14(24)11-17(16)25/h5-11H,12H2,1-4H3,(H,26,30)(H,27,32). The molecule has 7 nitrogen and oxygen atoms in total. The van der Waals surface area contributed by atoms with Crippen molar-refractivity contribution in [2.75, 3.05) is 11.9 Å². The molecule has 2 aromatic carbocycles. The molecule has 2 aromatic rings. The van der Waals surface area contributed by atoms with E-state index in [1.54, 1.807) is 45.0 Å². The number of hydrogen-bond acceptors (Lipinski definition) is 4. The van der Waals surface area contributed by atoms with Crippen LogP contribution in [0.1, 0.15) is 43.6 Å². The van der Waals surface area contributed by atoms with E-state index in [4.69, 9.17) is 23.2 Å². The normalized spacial score (nSPS) is 18.5.